The van der Waals surface area contributed by atoms with Crippen LogP contribution in [0.3, 0.4) is 0 Å². The molecular weight excluding hydrogens is 513 g/mol. The molecule has 0 spiro atoms. The normalized spacial score (nSPS) is 23.8. The molecule has 1 saturated carbocycles. The Bertz CT molecular complexity index is 1350. The van der Waals surface area contributed by atoms with Crippen LogP contribution < -0.4 is 16.4 Å². The van der Waals surface area contributed by atoms with E-state index >= 15 is 0 Å². The highest BCUT2D eigenvalue weighted by molar-refractivity contribution is 5.94. The van der Waals surface area contributed by atoms with E-state index in [0.29, 0.717) is 29.8 Å². The number of hydrogen-bond donors (Lipinski definition) is 3. The predicted molar refractivity (Wildman–Crippen MR) is 164 cm³/mol. The van der Waals surface area contributed by atoms with Gasteiger partial charge in [-0.15, -0.1) is 0 Å². The van der Waals surface area contributed by atoms with E-state index in [-0.39, 0.29) is 11.7 Å². The highest BCUT2D eigenvalue weighted by Crippen LogP contribution is 2.49. The van der Waals surface area contributed by atoms with E-state index in [4.69, 9.17) is 0 Å². The average Bonchev–Trinajstić information content (AvgIpc) is 3.70. The zero-order valence-corrected chi connectivity index (χ0v) is 24.6. The maximum atomic E-state index is 14.9. The molecule has 218 valence electrons. The molecule has 1 aliphatic carbocycles. The van der Waals surface area contributed by atoms with Crippen molar-refractivity contribution >= 4 is 5.91 Å². The van der Waals surface area contributed by atoms with Crippen LogP contribution in [-0.4, -0.2) is 61.0 Å². The second-order valence-electron chi connectivity index (χ2n) is 11.8. The molecule has 7 heteroatoms. The number of likely N-dealkylation sites (tertiary alicyclic amines) is 1. The fourth-order valence-electron chi connectivity index (χ4n) is 6.50. The van der Waals surface area contributed by atoms with Gasteiger partial charge < -0.3 is 16.4 Å². The molecule has 3 fully saturated rings. The third-order valence-electron chi connectivity index (χ3n) is 8.80. The van der Waals surface area contributed by atoms with Gasteiger partial charge in [0.05, 0.1) is 0 Å². The summed E-state index contributed by atoms with van der Waals surface area (Å²) in [4.78, 5) is 18.0. The Labute approximate surface area is 244 Å². The van der Waals surface area contributed by atoms with E-state index in [9.17, 15) is 9.18 Å². The van der Waals surface area contributed by atoms with Crippen LogP contribution in [0.2, 0.25) is 0 Å². The molecule has 3 aromatic carbocycles. The van der Waals surface area contributed by atoms with Crippen LogP contribution >= 0.6 is 0 Å². The smallest absolute Gasteiger partial charge is 0.251 e. The van der Waals surface area contributed by atoms with E-state index in [1.165, 1.54) is 37.2 Å². The number of amides is 1. The molecule has 1 amide bonds. The van der Waals surface area contributed by atoms with Crippen molar-refractivity contribution in [2.75, 3.05) is 33.2 Å². The van der Waals surface area contributed by atoms with Crippen molar-refractivity contribution in [1.29, 1.82) is 0 Å². The molecule has 6 rings (SSSR count). The summed E-state index contributed by atoms with van der Waals surface area (Å²) in [6, 6.07) is 22.3. The summed E-state index contributed by atoms with van der Waals surface area (Å²) in [5.74, 6) is 1.40. The summed E-state index contributed by atoms with van der Waals surface area (Å²) in [5, 5.41) is 6.52. The number of carbonyl (C=O) groups excluding carboxylic acids is 1. The number of nitrogens with two attached hydrogens (primary N) is 1. The SMILES string of the molecule is CC1CN(Cc2cccc(-c3cc(CNC(=O)c4cccc(CN5CC6CC6C5C)c4)ccc3F)c2)CCN1.CN. The van der Waals surface area contributed by atoms with Crippen LogP contribution in [0.4, 0.5) is 4.39 Å². The van der Waals surface area contributed by atoms with Gasteiger partial charge in [-0.25, -0.2) is 4.39 Å². The third kappa shape index (κ3) is 7.22. The number of benzene rings is 3. The summed E-state index contributed by atoms with van der Waals surface area (Å²) in [5.41, 5.74) is 9.83. The lowest BCUT2D eigenvalue weighted by atomic mass is 10.00. The first kappa shape index (κ1) is 29.4. The Kier molecular flexibility index (Phi) is 9.50. The molecular formula is C34H44FN5O. The number of hydrogen-bond acceptors (Lipinski definition) is 5. The molecule has 2 heterocycles. The minimum absolute atomic E-state index is 0.104. The van der Waals surface area contributed by atoms with Crippen LogP contribution in [0, 0.1) is 17.7 Å². The van der Waals surface area contributed by atoms with Crippen LogP contribution in [-0.2, 0) is 19.6 Å². The van der Waals surface area contributed by atoms with E-state index in [1.807, 2.05) is 36.4 Å². The zero-order valence-electron chi connectivity index (χ0n) is 24.6. The van der Waals surface area contributed by atoms with Crippen molar-refractivity contribution in [2.45, 2.75) is 52.0 Å². The van der Waals surface area contributed by atoms with Crippen molar-refractivity contribution in [1.82, 2.24) is 20.4 Å². The Morgan fingerprint density at radius 3 is 2.51 bits per heavy atom. The maximum absolute atomic E-state index is 14.9. The lowest BCUT2D eigenvalue weighted by Crippen LogP contribution is -2.48. The van der Waals surface area contributed by atoms with Crippen LogP contribution in [0.15, 0.2) is 66.7 Å². The standard InChI is InChI=1S/C33H39FN4O.CH5N/c1-22-18-37(12-11-35-22)19-25-5-3-7-27(13-25)31-15-24(9-10-32(31)34)17-36-33(39)28-8-4-6-26(14-28)20-38-21-29-16-30(29)23(38)2;1-2/h3-10,13-15,22-23,29-30,35H,11-12,16-21H2,1-2H3,(H,36,39);2H2,1H3. The van der Waals surface area contributed by atoms with Gasteiger partial charge in [-0.3, -0.25) is 14.6 Å². The van der Waals surface area contributed by atoms with E-state index < -0.39 is 0 Å². The van der Waals surface area contributed by atoms with Gasteiger partial charge in [0.15, 0.2) is 0 Å². The lowest BCUT2D eigenvalue weighted by Gasteiger charge is -2.31. The van der Waals surface area contributed by atoms with E-state index in [2.05, 4.69) is 58.2 Å². The van der Waals surface area contributed by atoms with Crippen molar-refractivity contribution in [3.8, 4) is 11.1 Å². The molecule has 2 aliphatic heterocycles. The molecule has 3 aliphatic rings. The Balaban J connectivity index is 0.00000165. The van der Waals surface area contributed by atoms with Crippen LogP contribution in [0.25, 0.3) is 11.1 Å². The molecule has 2 saturated heterocycles. The second-order valence-corrected chi connectivity index (χ2v) is 11.8. The largest absolute Gasteiger partial charge is 0.348 e. The average molecular weight is 558 g/mol. The van der Waals surface area contributed by atoms with Crippen molar-refractivity contribution in [3.05, 3.63) is 94.8 Å². The van der Waals surface area contributed by atoms with Crippen LogP contribution in [0.5, 0.6) is 0 Å². The quantitative estimate of drug-likeness (QED) is 0.377. The van der Waals surface area contributed by atoms with Gasteiger partial charge in [-0.1, -0.05) is 36.4 Å². The highest BCUT2D eigenvalue weighted by Gasteiger charge is 2.49. The summed E-state index contributed by atoms with van der Waals surface area (Å²) in [6.07, 6.45) is 1.38. The first-order valence-electron chi connectivity index (χ1n) is 15.0. The van der Waals surface area contributed by atoms with Crippen molar-refractivity contribution < 1.29 is 9.18 Å². The lowest BCUT2D eigenvalue weighted by molar-refractivity contribution is 0.0950. The fraction of sp³-hybridized carbons (Fsp3) is 0.441. The number of piperazine rings is 1. The number of nitrogens with one attached hydrogen (secondary N) is 2. The van der Waals surface area contributed by atoms with Gasteiger partial charge in [0.25, 0.3) is 5.91 Å². The first-order chi connectivity index (χ1) is 19.9. The number of carbonyl (C=O) groups is 1. The van der Waals surface area contributed by atoms with Gasteiger partial charge >= 0.3 is 0 Å². The maximum Gasteiger partial charge on any atom is 0.251 e. The minimum atomic E-state index is -0.250. The van der Waals surface area contributed by atoms with E-state index in [0.717, 1.165) is 55.7 Å². The topological polar surface area (TPSA) is 73.6 Å². The molecule has 0 radical (unpaired) electrons. The molecule has 4 N–H and O–H groups in total. The molecule has 0 bridgehead atoms. The number of nitrogens with zero attached hydrogens (tertiary/aromatic N) is 2. The zero-order chi connectivity index (χ0) is 28.9. The van der Waals surface area contributed by atoms with Crippen molar-refractivity contribution in [3.63, 3.8) is 0 Å². The van der Waals surface area contributed by atoms with Gasteiger partial charge in [-0.05, 0) is 91.7 Å². The highest BCUT2D eigenvalue weighted by atomic mass is 19.1. The summed E-state index contributed by atoms with van der Waals surface area (Å²) in [6.45, 7) is 10.8. The fourth-order valence-corrected chi connectivity index (χ4v) is 6.50. The first-order valence-corrected chi connectivity index (χ1v) is 15.0. The van der Waals surface area contributed by atoms with E-state index in [1.54, 1.807) is 6.07 Å². The Morgan fingerprint density at radius 1 is 0.976 bits per heavy atom. The Morgan fingerprint density at radius 2 is 1.76 bits per heavy atom. The predicted octanol–water partition coefficient (Wildman–Crippen LogP) is 4.63. The van der Waals surface area contributed by atoms with Gasteiger partial charge in [0.1, 0.15) is 5.82 Å². The number of fused-ring (bicyclic) bond motifs is 1. The number of rotatable bonds is 8. The number of piperidine rings is 1. The second kappa shape index (κ2) is 13.3. The van der Waals surface area contributed by atoms with Gasteiger partial charge in [0, 0.05) is 69.0 Å². The molecule has 41 heavy (non-hydrogen) atoms. The number of halogens is 1. The van der Waals surface area contributed by atoms with Gasteiger partial charge in [-0.2, -0.15) is 0 Å². The van der Waals surface area contributed by atoms with Crippen molar-refractivity contribution in [2.24, 2.45) is 17.6 Å². The van der Waals surface area contributed by atoms with Gasteiger partial charge in [0.2, 0.25) is 0 Å². The summed E-state index contributed by atoms with van der Waals surface area (Å²) >= 11 is 0. The molecule has 4 atom stereocenters. The molecule has 3 aromatic rings. The van der Waals surface area contributed by atoms with Crippen LogP contribution in [0.1, 0.15) is 47.3 Å². The molecule has 6 nitrogen and oxygen atoms in total. The monoisotopic (exact) mass is 557 g/mol. The summed E-state index contributed by atoms with van der Waals surface area (Å²) < 4.78 is 14.9. The Hall–Kier alpha value is -3.10. The third-order valence-corrected chi connectivity index (χ3v) is 8.80. The summed E-state index contributed by atoms with van der Waals surface area (Å²) in [7, 11) is 1.50. The minimum Gasteiger partial charge on any atom is -0.348 e. The molecule has 4 unspecified atom stereocenters. The molecule has 0 aromatic heterocycles.